The fourth-order valence-corrected chi connectivity index (χ4v) is 2.23. The molecule has 1 fully saturated rings. The van der Waals surface area contributed by atoms with Gasteiger partial charge in [0.15, 0.2) is 0 Å². The topological polar surface area (TPSA) is 74.7 Å². The zero-order chi connectivity index (χ0) is 15.4. The number of Topliss-reactive ketones (excluding diaryl/α,β-unsaturated/α-hetero) is 1. The number of hydrogen-bond acceptors (Lipinski definition) is 3. The Bertz CT molecular complexity index is 607. The summed E-state index contributed by atoms with van der Waals surface area (Å²) in [5.74, 6) is -2.01. The summed E-state index contributed by atoms with van der Waals surface area (Å²) in [7, 11) is 0. The van der Waals surface area contributed by atoms with Crippen LogP contribution in [0.25, 0.3) is 6.08 Å². The maximum atomic E-state index is 11.9. The van der Waals surface area contributed by atoms with Gasteiger partial charge in [-0.05, 0) is 30.2 Å². The van der Waals surface area contributed by atoms with E-state index >= 15 is 0 Å². The Hall–Kier alpha value is -2.14. The van der Waals surface area contributed by atoms with Crippen LogP contribution in [0.4, 0.5) is 0 Å². The number of carboxylic acids is 1. The van der Waals surface area contributed by atoms with Crippen LogP contribution in [-0.2, 0) is 14.4 Å². The van der Waals surface area contributed by atoms with E-state index in [9.17, 15) is 14.4 Å². The highest BCUT2D eigenvalue weighted by atomic mass is 35.5. The van der Waals surface area contributed by atoms with Crippen LogP contribution in [0.3, 0.4) is 0 Å². The molecule has 1 aliphatic rings. The summed E-state index contributed by atoms with van der Waals surface area (Å²) < 4.78 is 0. The fourth-order valence-electron chi connectivity index (χ4n) is 2.10. The van der Waals surface area contributed by atoms with Crippen LogP contribution in [0, 0.1) is 0 Å². The number of benzene rings is 1. The minimum absolute atomic E-state index is 0.0196. The van der Waals surface area contributed by atoms with Gasteiger partial charge in [-0.2, -0.15) is 0 Å². The van der Waals surface area contributed by atoms with E-state index in [0.29, 0.717) is 17.0 Å². The Morgan fingerprint density at radius 1 is 1.29 bits per heavy atom. The van der Waals surface area contributed by atoms with Crippen molar-refractivity contribution in [3.05, 3.63) is 40.4 Å². The molecule has 0 aliphatic carbocycles. The molecule has 1 aliphatic heterocycles. The van der Waals surface area contributed by atoms with Gasteiger partial charge in [-0.15, -0.1) is 0 Å². The Labute approximate surface area is 126 Å². The van der Waals surface area contributed by atoms with Crippen LogP contribution in [0.1, 0.15) is 18.4 Å². The van der Waals surface area contributed by atoms with E-state index in [0.717, 1.165) is 5.56 Å². The van der Waals surface area contributed by atoms with E-state index in [1.165, 1.54) is 4.90 Å². The minimum atomic E-state index is -0.912. The lowest BCUT2D eigenvalue weighted by Crippen LogP contribution is -2.28. The fraction of sp³-hybridized carbons (Fsp3) is 0.267. The van der Waals surface area contributed by atoms with E-state index in [-0.39, 0.29) is 19.5 Å². The van der Waals surface area contributed by atoms with Crippen molar-refractivity contribution < 1.29 is 19.5 Å². The molecule has 2 rings (SSSR count). The summed E-state index contributed by atoms with van der Waals surface area (Å²) in [5, 5.41) is 9.18. The number of carbonyl (C=O) groups excluding carboxylic acids is 2. The van der Waals surface area contributed by atoms with Gasteiger partial charge in [0, 0.05) is 23.6 Å². The lowest BCUT2D eigenvalue weighted by Gasteiger charge is -2.12. The second-order valence-electron chi connectivity index (χ2n) is 4.77. The molecule has 0 unspecified atom stereocenters. The number of carbonyl (C=O) groups is 3. The molecular weight excluding hydrogens is 294 g/mol. The number of nitrogens with zero attached hydrogens (tertiary/aromatic N) is 1. The highest BCUT2D eigenvalue weighted by Gasteiger charge is 2.33. The van der Waals surface area contributed by atoms with Crippen molar-refractivity contribution in [2.45, 2.75) is 12.8 Å². The highest BCUT2D eigenvalue weighted by Crippen LogP contribution is 2.19. The van der Waals surface area contributed by atoms with Gasteiger partial charge < -0.3 is 10.0 Å². The average Bonchev–Trinajstić information content (AvgIpc) is 2.69. The average molecular weight is 308 g/mol. The Balaban J connectivity index is 2.05. The summed E-state index contributed by atoms with van der Waals surface area (Å²) in [6.45, 7) is 0.495. The van der Waals surface area contributed by atoms with Crippen molar-refractivity contribution in [3.63, 3.8) is 0 Å². The molecule has 0 atom stereocenters. The molecule has 110 valence electrons. The first-order chi connectivity index (χ1) is 9.97. The molecule has 0 radical (unpaired) electrons. The first-order valence-corrected chi connectivity index (χ1v) is 6.86. The first-order valence-electron chi connectivity index (χ1n) is 6.49. The molecular formula is C15H14ClNO4. The second kappa shape index (κ2) is 6.54. The van der Waals surface area contributed by atoms with Crippen LogP contribution in [0.2, 0.25) is 5.02 Å². The quantitative estimate of drug-likeness (QED) is 0.667. The van der Waals surface area contributed by atoms with Crippen molar-refractivity contribution in [2.75, 3.05) is 13.1 Å². The number of aliphatic carboxylic acids is 1. The van der Waals surface area contributed by atoms with E-state index in [1.807, 2.05) is 0 Å². The van der Waals surface area contributed by atoms with E-state index < -0.39 is 17.7 Å². The lowest BCUT2D eigenvalue weighted by atomic mass is 10.1. The molecule has 6 heteroatoms. The van der Waals surface area contributed by atoms with E-state index in [2.05, 4.69) is 0 Å². The van der Waals surface area contributed by atoms with Gasteiger partial charge in [-0.3, -0.25) is 14.4 Å². The third kappa shape index (κ3) is 3.92. The standard InChI is InChI=1S/C15H14ClNO4/c16-12-5-3-10(4-6-12)8-11-9-17(15(21)14(11)20)7-1-2-13(18)19/h3-6,8H,1-2,7,9H2,(H,18,19)/b11-8+. The maximum Gasteiger partial charge on any atom is 0.303 e. The molecule has 0 spiro atoms. The van der Waals surface area contributed by atoms with Crippen molar-refractivity contribution in [1.29, 1.82) is 0 Å². The Morgan fingerprint density at radius 2 is 1.95 bits per heavy atom. The van der Waals surface area contributed by atoms with Gasteiger partial charge in [0.1, 0.15) is 0 Å². The molecule has 21 heavy (non-hydrogen) atoms. The SMILES string of the molecule is O=C(O)CCCN1C/C(=C\c2ccc(Cl)cc2)C(=O)C1=O. The van der Waals surface area contributed by atoms with Crippen LogP contribution in [0.5, 0.6) is 0 Å². The molecule has 1 saturated heterocycles. The van der Waals surface area contributed by atoms with Gasteiger partial charge in [-0.25, -0.2) is 0 Å². The molecule has 1 aromatic rings. The van der Waals surface area contributed by atoms with Crippen molar-refractivity contribution in [2.24, 2.45) is 0 Å². The third-order valence-electron chi connectivity index (χ3n) is 3.16. The summed E-state index contributed by atoms with van der Waals surface area (Å²) >= 11 is 5.79. The number of ketones is 1. The highest BCUT2D eigenvalue weighted by molar-refractivity contribution is 6.46. The molecule has 0 saturated carbocycles. The second-order valence-corrected chi connectivity index (χ2v) is 5.21. The maximum absolute atomic E-state index is 11.9. The summed E-state index contributed by atoms with van der Waals surface area (Å²) in [6.07, 6.45) is 1.98. The molecule has 1 N–H and O–H groups in total. The normalized spacial score (nSPS) is 16.8. The number of hydrogen-bond donors (Lipinski definition) is 1. The number of likely N-dealkylation sites (tertiary alicyclic amines) is 1. The molecule has 1 heterocycles. The molecule has 0 aromatic heterocycles. The lowest BCUT2D eigenvalue weighted by molar-refractivity contribution is -0.140. The minimum Gasteiger partial charge on any atom is -0.481 e. The van der Waals surface area contributed by atoms with Gasteiger partial charge in [-0.1, -0.05) is 23.7 Å². The Kier molecular flexibility index (Phi) is 4.75. The monoisotopic (exact) mass is 307 g/mol. The predicted octanol–water partition coefficient (Wildman–Crippen LogP) is 2.00. The zero-order valence-corrected chi connectivity index (χ0v) is 12.0. The number of halogens is 1. The summed E-state index contributed by atoms with van der Waals surface area (Å²) in [4.78, 5) is 35.5. The molecule has 5 nitrogen and oxygen atoms in total. The van der Waals surface area contributed by atoms with Gasteiger partial charge in [0.25, 0.3) is 5.91 Å². The summed E-state index contributed by atoms with van der Waals surface area (Å²) in [6, 6.07) is 6.94. The third-order valence-corrected chi connectivity index (χ3v) is 3.42. The number of amides is 1. The van der Waals surface area contributed by atoms with Crippen molar-refractivity contribution in [3.8, 4) is 0 Å². The largest absolute Gasteiger partial charge is 0.481 e. The van der Waals surface area contributed by atoms with Crippen molar-refractivity contribution >= 4 is 35.3 Å². The van der Waals surface area contributed by atoms with E-state index in [1.54, 1.807) is 30.3 Å². The van der Waals surface area contributed by atoms with Crippen LogP contribution < -0.4 is 0 Å². The van der Waals surface area contributed by atoms with Crippen LogP contribution in [-0.4, -0.2) is 40.8 Å². The van der Waals surface area contributed by atoms with Crippen molar-refractivity contribution in [1.82, 2.24) is 4.90 Å². The van der Waals surface area contributed by atoms with Gasteiger partial charge in [0.2, 0.25) is 5.78 Å². The van der Waals surface area contributed by atoms with Crippen LogP contribution >= 0.6 is 11.6 Å². The van der Waals surface area contributed by atoms with E-state index in [4.69, 9.17) is 16.7 Å². The van der Waals surface area contributed by atoms with Crippen LogP contribution in [0.15, 0.2) is 29.8 Å². The predicted molar refractivity (Wildman–Crippen MR) is 77.9 cm³/mol. The Morgan fingerprint density at radius 3 is 2.57 bits per heavy atom. The number of carboxylic acid groups (broad SMARTS) is 1. The smallest absolute Gasteiger partial charge is 0.303 e. The number of rotatable bonds is 5. The zero-order valence-electron chi connectivity index (χ0n) is 11.2. The van der Waals surface area contributed by atoms with Gasteiger partial charge >= 0.3 is 5.97 Å². The first kappa shape index (κ1) is 15.3. The molecule has 0 bridgehead atoms. The molecule has 1 amide bonds. The summed E-state index contributed by atoms with van der Waals surface area (Å²) in [5.41, 5.74) is 1.21. The van der Waals surface area contributed by atoms with Gasteiger partial charge in [0.05, 0.1) is 6.54 Å². The molecule has 1 aromatic carbocycles.